The lowest BCUT2D eigenvalue weighted by molar-refractivity contribution is 0.171. The average molecular weight is 427 g/mol. The molecule has 2 aromatic carbocycles. The highest BCUT2D eigenvalue weighted by Crippen LogP contribution is 2.32. The van der Waals surface area contributed by atoms with Gasteiger partial charge in [-0.05, 0) is 42.3 Å². The molecule has 0 unspecified atom stereocenters. The Labute approximate surface area is 165 Å². The molecule has 0 aliphatic carbocycles. The van der Waals surface area contributed by atoms with Crippen LogP contribution in [0.2, 0.25) is 0 Å². The number of hydrogen-bond acceptors (Lipinski definition) is 6. The first kappa shape index (κ1) is 20.3. The lowest BCUT2D eigenvalue weighted by Gasteiger charge is -2.19. The van der Waals surface area contributed by atoms with E-state index in [1.54, 1.807) is 6.07 Å². The van der Waals surface area contributed by atoms with Crippen molar-refractivity contribution in [2.75, 3.05) is 28.4 Å². The molecule has 0 fully saturated rings. The van der Waals surface area contributed by atoms with Gasteiger partial charge in [0.15, 0.2) is 11.5 Å². The van der Waals surface area contributed by atoms with Crippen molar-refractivity contribution in [2.45, 2.75) is 18.7 Å². The highest BCUT2D eigenvalue weighted by molar-refractivity contribution is 7.93. The highest BCUT2D eigenvalue weighted by Gasteiger charge is 2.20. The lowest BCUT2D eigenvalue weighted by Crippen LogP contribution is -2.20. The Bertz CT molecular complexity index is 1050. The fraction of sp³-hybridized carbons (Fsp3) is 0.333. The van der Waals surface area contributed by atoms with Crippen LogP contribution in [0.25, 0.3) is 0 Å². The van der Waals surface area contributed by atoms with Gasteiger partial charge in [-0.3, -0.25) is 9.44 Å². The number of benzene rings is 2. The first-order chi connectivity index (χ1) is 13.1. The molecule has 152 valence electrons. The van der Waals surface area contributed by atoms with E-state index < -0.39 is 20.0 Å². The van der Waals surface area contributed by atoms with Crippen LogP contribution in [0.5, 0.6) is 11.5 Å². The van der Waals surface area contributed by atoms with Crippen LogP contribution in [0.3, 0.4) is 0 Å². The van der Waals surface area contributed by atoms with Gasteiger partial charge in [-0.2, -0.15) is 0 Å². The van der Waals surface area contributed by atoms with Crippen LogP contribution < -0.4 is 18.9 Å². The number of anilines is 2. The molecule has 0 radical (unpaired) electrons. The van der Waals surface area contributed by atoms with Crippen molar-refractivity contribution in [1.29, 1.82) is 0 Å². The summed E-state index contributed by atoms with van der Waals surface area (Å²) < 4.78 is 64.9. The summed E-state index contributed by atoms with van der Waals surface area (Å²) >= 11 is 0. The van der Waals surface area contributed by atoms with Crippen molar-refractivity contribution in [2.24, 2.45) is 5.92 Å². The molecule has 1 aliphatic rings. The topological polar surface area (TPSA) is 111 Å². The second kappa shape index (κ2) is 7.88. The van der Waals surface area contributed by atoms with E-state index >= 15 is 0 Å². The molecule has 1 heterocycles. The molecule has 0 amide bonds. The lowest BCUT2D eigenvalue weighted by atomic mass is 10.3. The maximum absolute atomic E-state index is 12.6. The summed E-state index contributed by atoms with van der Waals surface area (Å²) in [5, 5.41) is 0. The number of rotatable bonds is 7. The minimum absolute atomic E-state index is 0.00502. The van der Waals surface area contributed by atoms with Crippen molar-refractivity contribution < 1.29 is 26.3 Å². The first-order valence-electron chi connectivity index (χ1n) is 8.68. The molecule has 0 aromatic heterocycles. The second-order valence-electron chi connectivity index (χ2n) is 6.77. The molecule has 28 heavy (non-hydrogen) atoms. The Morgan fingerprint density at radius 1 is 0.857 bits per heavy atom. The molecule has 10 heteroatoms. The molecule has 0 saturated heterocycles. The van der Waals surface area contributed by atoms with Crippen molar-refractivity contribution in [3.63, 3.8) is 0 Å². The molecule has 1 aliphatic heterocycles. The zero-order chi connectivity index (χ0) is 20.4. The Hall–Kier alpha value is -2.46. The van der Waals surface area contributed by atoms with Gasteiger partial charge in [0.2, 0.25) is 10.0 Å². The van der Waals surface area contributed by atoms with Crippen LogP contribution in [0.15, 0.2) is 47.4 Å². The smallest absolute Gasteiger partial charge is 0.262 e. The molecule has 0 saturated carbocycles. The van der Waals surface area contributed by atoms with Crippen molar-refractivity contribution >= 4 is 31.4 Å². The minimum atomic E-state index is -3.83. The Kier molecular flexibility index (Phi) is 5.71. The van der Waals surface area contributed by atoms with Gasteiger partial charge >= 0.3 is 0 Å². The van der Waals surface area contributed by atoms with Gasteiger partial charge in [0.1, 0.15) is 13.2 Å². The molecular formula is C18H22N2O6S2. The van der Waals surface area contributed by atoms with Gasteiger partial charge in [-0.25, -0.2) is 16.8 Å². The van der Waals surface area contributed by atoms with E-state index in [-0.39, 0.29) is 16.6 Å². The Morgan fingerprint density at radius 2 is 1.43 bits per heavy atom. The predicted octanol–water partition coefficient (Wildman–Crippen LogP) is 2.66. The van der Waals surface area contributed by atoms with E-state index in [2.05, 4.69) is 9.44 Å². The summed E-state index contributed by atoms with van der Waals surface area (Å²) in [5.41, 5.74) is 0.671. The summed E-state index contributed by atoms with van der Waals surface area (Å²) in [7, 11) is -7.28. The Balaban J connectivity index is 1.73. The van der Waals surface area contributed by atoms with E-state index in [9.17, 15) is 16.8 Å². The third kappa shape index (κ3) is 5.08. The summed E-state index contributed by atoms with van der Waals surface area (Å²) in [6.45, 7) is 4.41. The molecule has 0 atom stereocenters. The van der Waals surface area contributed by atoms with Crippen LogP contribution >= 0.6 is 0 Å². The maximum atomic E-state index is 12.6. The second-order valence-corrected chi connectivity index (χ2v) is 10.2. The molecule has 8 nitrogen and oxygen atoms in total. The van der Waals surface area contributed by atoms with E-state index in [4.69, 9.17) is 9.47 Å². The zero-order valence-electron chi connectivity index (χ0n) is 15.5. The first-order valence-corrected chi connectivity index (χ1v) is 11.8. The molecule has 2 aromatic rings. The summed E-state index contributed by atoms with van der Waals surface area (Å²) in [4.78, 5) is 0.0402. The van der Waals surface area contributed by atoms with Crippen LogP contribution in [0.4, 0.5) is 11.4 Å². The normalized spacial score (nSPS) is 14.0. The maximum Gasteiger partial charge on any atom is 0.262 e. The standard InChI is InChI=1S/C18H22N2O6S2/c1-13(2)12-27(21,22)19-14-3-5-15(6-4-14)20-28(23,24)16-7-8-17-18(11-16)26-10-9-25-17/h3-8,11,13,19-20H,9-10,12H2,1-2H3. The van der Waals surface area contributed by atoms with Crippen LogP contribution in [-0.4, -0.2) is 35.8 Å². The molecule has 2 N–H and O–H groups in total. The Morgan fingerprint density at radius 3 is 2.04 bits per heavy atom. The van der Waals surface area contributed by atoms with E-state index in [1.165, 1.54) is 36.4 Å². The molecular weight excluding hydrogens is 404 g/mol. The largest absolute Gasteiger partial charge is 0.486 e. The van der Waals surface area contributed by atoms with Gasteiger partial charge in [0.05, 0.1) is 10.6 Å². The van der Waals surface area contributed by atoms with Gasteiger partial charge in [0, 0.05) is 17.4 Å². The van der Waals surface area contributed by atoms with E-state index in [0.717, 1.165) is 0 Å². The number of nitrogens with one attached hydrogen (secondary N) is 2. The van der Waals surface area contributed by atoms with Crippen LogP contribution in [0, 0.1) is 5.92 Å². The van der Waals surface area contributed by atoms with E-state index in [1.807, 2.05) is 13.8 Å². The summed E-state index contributed by atoms with van der Waals surface area (Å²) in [6.07, 6.45) is 0. The van der Waals surface area contributed by atoms with Crippen molar-refractivity contribution in [3.8, 4) is 11.5 Å². The van der Waals surface area contributed by atoms with Gasteiger partial charge < -0.3 is 9.47 Å². The summed E-state index contributed by atoms with van der Waals surface area (Å²) in [5.74, 6) is 0.882. The SMILES string of the molecule is CC(C)CS(=O)(=O)Nc1ccc(NS(=O)(=O)c2ccc3c(c2)OCCO3)cc1. The number of ether oxygens (including phenoxy) is 2. The highest BCUT2D eigenvalue weighted by atomic mass is 32.2. The third-order valence-corrected chi connectivity index (χ3v) is 6.82. The van der Waals surface area contributed by atoms with Crippen molar-refractivity contribution in [1.82, 2.24) is 0 Å². The molecule has 3 rings (SSSR count). The third-order valence-electron chi connectivity index (χ3n) is 3.79. The number of fused-ring (bicyclic) bond motifs is 1. The predicted molar refractivity (Wildman–Crippen MR) is 107 cm³/mol. The average Bonchev–Trinajstić information content (AvgIpc) is 2.61. The van der Waals surface area contributed by atoms with Gasteiger partial charge in [0.25, 0.3) is 10.0 Å². The minimum Gasteiger partial charge on any atom is -0.486 e. The molecule has 0 spiro atoms. The zero-order valence-corrected chi connectivity index (χ0v) is 17.1. The van der Waals surface area contributed by atoms with E-state index in [0.29, 0.717) is 36.1 Å². The quantitative estimate of drug-likeness (QED) is 0.704. The van der Waals surface area contributed by atoms with Gasteiger partial charge in [-0.1, -0.05) is 13.8 Å². The van der Waals surface area contributed by atoms with Crippen LogP contribution in [0.1, 0.15) is 13.8 Å². The number of sulfonamides is 2. The summed E-state index contributed by atoms with van der Waals surface area (Å²) in [6, 6.07) is 10.4. The number of hydrogen-bond donors (Lipinski definition) is 2. The molecule has 0 bridgehead atoms. The van der Waals surface area contributed by atoms with Gasteiger partial charge in [-0.15, -0.1) is 0 Å². The van der Waals surface area contributed by atoms with Crippen molar-refractivity contribution in [3.05, 3.63) is 42.5 Å². The monoisotopic (exact) mass is 426 g/mol. The fourth-order valence-corrected chi connectivity index (χ4v) is 5.20. The fourth-order valence-electron chi connectivity index (χ4n) is 2.67. The van der Waals surface area contributed by atoms with Crippen LogP contribution in [-0.2, 0) is 20.0 Å².